The molecule has 0 bridgehead atoms. The van der Waals surface area contributed by atoms with Gasteiger partial charge in [0.1, 0.15) is 5.82 Å². The van der Waals surface area contributed by atoms with Crippen molar-refractivity contribution in [2.45, 2.75) is 26.3 Å². The third-order valence-electron chi connectivity index (χ3n) is 6.55. The van der Waals surface area contributed by atoms with Crippen LogP contribution in [0.2, 0.25) is 0 Å². The fraction of sp³-hybridized carbons (Fsp3) is 0.161. The number of hydrogen-bond donors (Lipinski definition) is 1. The van der Waals surface area contributed by atoms with Gasteiger partial charge in [-0.3, -0.25) is 9.59 Å². The maximum Gasteiger partial charge on any atom is 0.254 e. The van der Waals surface area contributed by atoms with E-state index in [0.29, 0.717) is 11.3 Å². The third kappa shape index (κ3) is 5.20. The van der Waals surface area contributed by atoms with Crippen LogP contribution in [0.15, 0.2) is 97.1 Å². The van der Waals surface area contributed by atoms with Crippen molar-refractivity contribution in [3.05, 3.63) is 114 Å². The van der Waals surface area contributed by atoms with Gasteiger partial charge in [0.15, 0.2) is 0 Å². The number of nitrogens with one attached hydrogen (secondary N) is 1. The Kier molecular flexibility index (Phi) is 7.02. The predicted octanol–water partition coefficient (Wildman–Crippen LogP) is 7.13. The number of amides is 2. The summed E-state index contributed by atoms with van der Waals surface area (Å²) >= 11 is 0. The zero-order valence-corrected chi connectivity index (χ0v) is 20.9. The maximum atomic E-state index is 13.5. The summed E-state index contributed by atoms with van der Waals surface area (Å²) in [7, 11) is 1.81. The van der Waals surface area contributed by atoms with E-state index in [1.165, 1.54) is 19.1 Å². The second-order valence-corrected chi connectivity index (χ2v) is 9.32. The average Bonchev–Trinajstić information content (AvgIpc) is 2.88. The number of anilines is 1. The van der Waals surface area contributed by atoms with Crippen LogP contribution in [-0.2, 0) is 10.3 Å². The molecular weight excluding hydrogens is 451 g/mol. The Balaban J connectivity index is 1.70. The minimum atomic E-state index is -0.507. The van der Waals surface area contributed by atoms with E-state index in [9.17, 15) is 14.0 Å². The minimum absolute atomic E-state index is 0.102. The van der Waals surface area contributed by atoms with E-state index in [2.05, 4.69) is 5.32 Å². The first-order valence-electron chi connectivity index (χ1n) is 11.8. The van der Waals surface area contributed by atoms with Crippen LogP contribution in [0, 0.1) is 5.82 Å². The predicted molar refractivity (Wildman–Crippen MR) is 143 cm³/mol. The van der Waals surface area contributed by atoms with Gasteiger partial charge in [-0.25, -0.2) is 4.39 Å². The van der Waals surface area contributed by atoms with Gasteiger partial charge in [0.2, 0.25) is 5.91 Å². The summed E-state index contributed by atoms with van der Waals surface area (Å²) in [5.41, 5.74) is 4.98. The van der Waals surface area contributed by atoms with Gasteiger partial charge in [0, 0.05) is 30.8 Å². The molecule has 0 atom stereocenters. The van der Waals surface area contributed by atoms with Gasteiger partial charge < -0.3 is 10.2 Å². The van der Waals surface area contributed by atoms with Crippen molar-refractivity contribution in [3.63, 3.8) is 0 Å². The van der Waals surface area contributed by atoms with Crippen molar-refractivity contribution in [1.29, 1.82) is 0 Å². The zero-order chi connectivity index (χ0) is 25.9. The molecule has 0 heterocycles. The lowest BCUT2D eigenvalue weighted by atomic mass is 9.91. The molecule has 2 amide bonds. The van der Waals surface area contributed by atoms with Crippen LogP contribution < -0.4 is 5.32 Å². The summed E-state index contributed by atoms with van der Waals surface area (Å²) in [5, 5.41) is 2.90. The van der Waals surface area contributed by atoms with Gasteiger partial charge >= 0.3 is 0 Å². The van der Waals surface area contributed by atoms with Gasteiger partial charge in [-0.05, 0) is 66.4 Å². The Bertz CT molecular complexity index is 1400. The van der Waals surface area contributed by atoms with Crippen molar-refractivity contribution in [1.82, 2.24) is 4.90 Å². The van der Waals surface area contributed by atoms with Gasteiger partial charge in [-0.2, -0.15) is 0 Å². The number of rotatable bonds is 6. The first kappa shape index (κ1) is 24.9. The fourth-order valence-electron chi connectivity index (χ4n) is 4.22. The number of nitrogens with zero attached hydrogens (tertiary/aromatic N) is 1. The maximum absolute atomic E-state index is 13.5. The highest BCUT2D eigenvalue weighted by atomic mass is 19.1. The molecule has 4 rings (SSSR count). The Morgan fingerprint density at radius 2 is 1.44 bits per heavy atom. The molecule has 4 aromatic carbocycles. The molecule has 0 unspecified atom stereocenters. The fourth-order valence-corrected chi connectivity index (χ4v) is 4.22. The highest BCUT2D eigenvalue weighted by molar-refractivity contribution is 5.98. The highest BCUT2D eigenvalue weighted by Gasteiger charge is 2.30. The van der Waals surface area contributed by atoms with Crippen molar-refractivity contribution in [3.8, 4) is 22.3 Å². The molecule has 0 spiro atoms. The van der Waals surface area contributed by atoms with Crippen LogP contribution in [0.5, 0.6) is 0 Å². The first-order chi connectivity index (χ1) is 17.2. The lowest BCUT2D eigenvalue weighted by Crippen LogP contribution is -2.42. The van der Waals surface area contributed by atoms with Crippen LogP contribution >= 0.6 is 0 Å². The Labute approximate surface area is 211 Å². The topological polar surface area (TPSA) is 49.4 Å². The van der Waals surface area contributed by atoms with Crippen molar-refractivity contribution < 1.29 is 14.0 Å². The quantitative estimate of drug-likeness (QED) is 0.319. The van der Waals surface area contributed by atoms with Crippen LogP contribution in [0.4, 0.5) is 10.1 Å². The van der Waals surface area contributed by atoms with Gasteiger partial charge in [-0.15, -0.1) is 0 Å². The second-order valence-electron chi connectivity index (χ2n) is 9.32. The lowest BCUT2D eigenvalue weighted by molar-refractivity contribution is -0.114. The number of carbonyl (C=O) groups excluding carboxylic acids is 2. The van der Waals surface area contributed by atoms with Gasteiger partial charge in [-0.1, -0.05) is 66.7 Å². The third-order valence-corrected chi connectivity index (χ3v) is 6.55. The molecule has 182 valence electrons. The first-order valence-corrected chi connectivity index (χ1v) is 11.8. The molecule has 0 aliphatic rings. The van der Waals surface area contributed by atoms with E-state index in [4.69, 9.17) is 0 Å². The molecule has 0 saturated carbocycles. The molecule has 4 aromatic rings. The Morgan fingerprint density at radius 1 is 0.778 bits per heavy atom. The molecule has 0 aliphatic carbocycles. The van der Waals surface area contributed by atoms with Crippen LogP contribution in [0.3, 0.4) is 0 Å². The number of carbonyl (C=O) groups is 2. The molecular formula is C31H29FN2O2. The zero-order valence-electron chi connectivity index (χ0n) is 20.9. The van der Waals surface area contributed by atoms with Gasteiger partial charge in [0.25, 0.3) is 5.91 Å². The highest BCUT2D eigenvalue weighted by Crippen LogP contribution is 2.34. The summed E-state index contributed by atoms with van der Waals surface area (Å²) in [6.45, 7) is 5.50. The summed E-state index contributed by atoms with van der Waals surface area (Å²) in [6.07, 6.45) is 0. The van der Waals surface area contributed by atoms with Crippen molar-refractivity contribution >= 4 is 17.5 Å². The van der Waals surface area contributed by atoms with Crippen molar-refractivity contribution in [2.24, 2.45) is 0 Å². The normalized spacial score (nSPS) is 11.1. The molecule has 0 fully saturated rings. The van der Waals surface area contributed by atoms with Crippen LogP contribution in [-0.4, -0.2) is 23.8 Å². The minimum Gasteiger partial charge on any atom is -0.333 e. The Morgan fingerprint density at radius 3 is 2.11 bits per heavy atom. The average molecular weight is 481 g/mol. The monoisotopic (exact) mass is 480 g/mol. The lowest BCUT2D eigenvalue weighted by Gasteiger charge is -2.36. The molecule has 5 heteroatoms. The SMILES string of the molecule is CC(=O)Nc1cc(-c2ccc(F)cc2)ccc1-c1cccc(C(=O)N(C)C(C)(C)c2ccccc2)c1. The van der Waals surface area contributed by atoms with Gasteiger partial charge in [0.05, 0.1) is 5.54 Å². The summed E-state index contributed by atoms with van der Waals surface area (Å²) in [4.78, 5) is 27.2. The summed E-state index contributed by atoms with van der Waals surface area (Å²) in [6, 6.07) is 29.2. The molecule has 36 heavy (non-hydrogen) atoms. The number of benzene rings is 4. The van der Waals surface area contributed by atoms with Crippen molar-refractivity contribution in [2.75, 3.05) is 12.4 Å². The van der Waals surface area contributed by atoms with E-state index in [1.54, 1.807) is 23.1 Å². The van der Waals surface area contributed by atoms with E-state index < -0.39 is 5.54 Å². The standard InChI is InChI=1S/C31H29FN2O2/c1-21(35)33-29-20-23(22-13-16-27(32)17-14-22)15-18-28(29)24-9-8-10-25(19-24)30(36)34(4)31(2,3)26-11-6-5-7-12-26/h5-20H,1-4H3,(H,33,35). The summed E-state index contributed by atoms with van der Waals surface area (Å²) < 4.78 is 13.4. The molecule has 0 radical (unpaired) electrons. The molecule has 0 saturated heterocycles. The number of hydrogen-bond acceptors (Lipinski definition) is 2. The van der Waals surface area contributed by atoms with E-state index >= 15 is 0 Å². The van der Waals surface area contributed by atoms with E-state index in [-0.39, 0.29) is 17.6 Å². The molecule has 0 aromatic heterocycles. The van der Waals surface area contributed by atoms with Crippen LogP contribution in [0.25, 0.3) is 22.3 Å². The smallest absolute Gasteiger partial charge is 0.254 e. The van der Waals surface area contributed by atoms with Crippen LogP contribution in [0.1, 0.15) is 36.7 Å². The number of halogens is 1. The summed E-state index contributed by atoms with van der Waals surface area (Å²) in [5.74, 6) is -0.613. The molecule has 1 N–H and O–H groups in total. The van der Waals surface area contributed by atoms with E-state index in [1.807, 2.05) is 87.6 Å². The molecule has 4 nitrogen and oxygen atoms in total. The largest absolute Gasteiger partial charge is 0.333 e. The molecule has 0 aliphatic heterocycles. The second kappa shape index (κ2) is 10.2. The Hall–Kier alpha value is -4.25. The van der Waals surface area contributed by atoms with E-state index in [0.717, 1.165) is 27.8 Å².